The van der Waals surface area contributed by atoms with Crippen LogP contribution in [0.3, 0.4) is 0 Å². The number of nitrogens with one attached hydrogen (secondary N) is 1. The fourth-order valence-corrected chi connectivity index (χ4v) is 4.31. The summed E-state index contributed by atoms with van der Waals surface area (Å²) in [5.41, 5.74) is 0.552. The van der Waals surface area contributed by atoms with Crippen molar-refractivity contribution in [3.05, 3.63) is 0 Å². The van der Waals surface area contributed by atoms with Gasteiger partial charge in [-0.2, -0.15) is 0 Å². The third-order valence-electron chi connectivity index (χ3n) is 5.41. The van der Waals surface area contributed by atoms with Crippen molar-refractivity contribution in [2.75, 3.05) is 26.2 Å². The molecule has 1 N–H and O–H groups in total. The van der Waals surface area contributed by atoms with Crippen LogP contribution in [0.5, 0.6) is 0 Å². The quantitative estimate of drug-likeness (QED) is 0.821. The second kappa shape index (κ2) is 7.26. The molecule has 1 aliphatic heterocycles. The first-order valence-corrected chi connectivity index (χ1v) is 8.96. The largest absolute Gasteiger partial charge is 0.314 e. The van der Waals surface area contributed by atoms with Crippen LogP contribution < -0.4 is 5.32 Å². The fraction of sp³-hybridized carbons (Fsp3) is 1.00. The zero-order valence-electron chi connectivity index (χ0n) is 14.3. The van der Waals surface area contributed by atoms with Gasteiger partial charge in [0.2, 0.25) is 0 Å². The number of hydrogen-bond donors (Lipinski definition) is 1. The number of likely N-dealkylation sites (tertiary alicyclic amines) is 1. The zero-order valence-corrected chi connectivity index (χ0v) is 14.3. The predicted octanol–water partition coefficient (Wildman–Crippen LogP) is 3.91. The van der Waals surface area contributed by atoms with E-state index in [1.807, 2.05) is 0 Å². The van der Waals surface area contributed by atoms with Gasteiger partial charge < -0.3 is 10.2 Å². The first-order chi connectivity index (χ1) is 9.50. The molecule has 0 aromatic heterocycles. The highest BCUT2D eigenvalue weighted by atomic mass is 15.1. The second-order valence-electron chi connectivity index (χ2n) is 8.23. The summed E-state index contributed by atoms with van der Waals surface area (Å²) >= 11 is 0. The normalized spacial score (nSPS) is 35.1. The molecule has 1 saturated heterocycles. The van der Waals surface area contributed by atoms with Gasteiger partial charge in [-0.25, -0.2) is 0 Å². The molecule has 0 radical (unpaired) electrons. The molecule has 0 amide bonds. The summed E-state index contributed by atoms with van der Waals surface area (Å²) < 4.78 is 0. The number of hydrogen-bond acceptors (Lipinski definition) is 2. The lowest BCUT2D eigenvalue weighted by Gasteiger charge is -2.44. The molecule has 3 atom stereocenters. The summed E-state index contributed by atoms with van der Waals surface area (Å²) in [5, 5.41) is 3.83. The first kappa shape index (κ1) is 16.3. The predicted molar refractivity (Wildman–Crippen MR) is 88.0 cm³/mol. The molecule has 0 aromatic carbocycles. The Balaban J connectivity index is 1.91. The van der Waals surface area contributed by atoms with E-state index >= 15 is 0 Å². The molecule has 0 bridgehead atoms. The second-order valence-corrected chi connectivity index (χ2v) is 8.23. The van der Waals surface area contributed by atoms with Gasteiger partial charge in [0, 0.05) is 19.1 Å². The van der Waals surface area contributed by atoms with Crippen molar-refractivity contribution in [2.24, 2.45) is 17.3 Å². The highest BCUT2D eigenvalue weighted by molar-refractivity contribution is 4.90. The summed E-state index contributed by atoms with van der Waals surface area (Å²) in [5.74, 6) is 1.76. The fourth-order valence-electron chi connectivity index (χ4n) is 4.31. The summed E-state index contributed by atoms with van der Waals surface area (Å²) in [7, 11) is 0. The first-order valence-electron chi connectivity index (χ1n) is 8.96. The van der Waals surface area contributed by atoms with E-state index in [1.165, 1.54) is 64.7 Å². The molecule has 2 fully saturated rings. The summed E-state index contributed by atoms with van der Waals surface area (Å²) in [6, 6.07) is 0.764. The van der Waals surface area contributed by atoms with E-state index in [9.17, 15) is 0 Å². The van der Waals surface area contributed by atoms with E-state index < -0.39 is 0 Å². The van der Waals surface area contributed by atoms with Crippen molar-refractivity contribution in [1.82, 2.24) is 10.2 Å². The van der Waals surface area contributed by atoms with Crippen LogP contribution >= 0.6 is 0 Å². The highest BCUT2D eigenvalue weighted by Crippen LogP contribution is 2.39. The average Bonchev–Trinajstić information content (AvgIpc) is 2.37. The van der Waals surface area contributed by atoms with Crippen molar-refractivity contribution >= 4 is 0 Å². The standard InChI is InChI=1S/C18H36N2/c1-5-10-19-17-8-9-18(3,4)12-16(17)14-20-11-6-7-15(2)13-20/h15-17,19H,5-14H2,1-4H3. The third-order valence-corrected chi connectivity index (χ3v) is 5.41. The van der Waals surface area contributed by atoms with E-state index in [0.29, 0.717) is 5.41 Å². The van der Waals surface area contributed by atoms with Crippen LogP contribution in [0.4, 0.5) is 0 Å². The van der Waals surface area contributed by atoms with Gasteiger partial charge in [-0.05, 0) is 68.9 Å². The molecular weight excluding hydrogens is 244 g/mol. The molecule has 118 valence electrons. The maximum atomic E-state index is 3.83. The van der Waals surface area contributed by atoms with Gasteiger partial charge in [-0.3, -0.25) is 0 Å². The Bertz CT molecular complexity index is 287. The monoisotopic (exact) mass is 280 g/mol. The minimum Gasteiger partial charge on any atom is -0.314 e. The van der Waals surface area contributed by atoms with Gasteiger partial charge in [-0.15, -0.1) is 0 Å². The maximum absolute atomic E-state index is 3.83. The topological polar surface area (TPSA) is 15.3 Å². The number of nitrogens with zero attached hydrogens (tertiary/aromatic N) is 1. The molecular formula is C18H36N2. The van der Waals surface area contributed by atoms with Crippen molar-refractivity contribution in [1.29, 1.82) is 0 Å². The summed E-state index contributed by atoms with van der Waals surface area (Å²) in [4.78, 5) is 2.75. The summed E-state index contributed by atoms with van der Waals surface area (Å²) in [6.45, 7) is 14.8. The Morgan fingerprint density at radius 1 is 1.25 bits per heavy atom. The molecule has 1 heterocycles. The van der Waals surface area contributed by atoms with Crippen LogP contribution in [0.1, 0.15) is 66.2 Å². The van der Waals surface area contributed by atoms with Crippen molar-refractivity contribution in [3.8, 4) is 0 Å². The Labute approximate surface area is 126 Å². The number of rotatable bonds is 5. The molecule has 0 spiro atoms. The Kier molecular flexibility index (Phi) is 5.92. The molecule has 2 aliphatic rings. The Morgan fingerprint density at radius 2 is 2.05 bits per heavy atom. The molecule has 2 rings (SSSR count). The van der Waals surface area contributed by atoms with Crippen LogP contribution in [0, 0.1) is 17.3 Å². The van der Waals surface area contributed by atoms with Crippen LogP contribution in [0.15, 0.2) is 0 Å². The molecule has 20 heavy (non-hydrogen) atoms. The molecule has 1 saturated carbocycles. The van der Waals surface area contributed by atoms with E-state index in [-0.39, 0.29) is 0 Å². The van der Waals surface area contributed by atoms with Crippen molar-refractivity contribution in [3.63, 3.8) is 0 Å². The highest BCUT2D eigenvalue weighted by Gasteiger charge is 2.35. The van der Waals surface area contributed by atoms with Gasteiger partial charge in [0.15, 0.2) is 0 Å². The van der Waals surface area contributed by atoms with Crippen molar-refractivity contribution < 1.29 is 0 Å². The molecule has 2 nitrogen and oxygen atoms in total. The van der Waals surface area contributed by atoms with Crippen LogP contribution in [0.25, 0.3) is 0 Å². The molecule has 1 aliphatic carbocycles. The van der Waals surface area contributed by atoms with E-state index in [1.54, 1.807) is 0 Å². The Morgan fingerprint density at radius 3 is 2.75 bits per heavy atom. The van der Waals surface area contributed by atoms with Gasteiger partial charge >= 0.3 is 0 Å². The van der Waals surface area contributed by atoms with E-state index in [4.69, 9.17) is 0 Å². The summed E-state index contributed by atoms with van der Waals surface area (Å²) in [6.07, 6.45) is 8.27. The lowest BCUT2D eigenvalue weighted by atomic mass is 9.69. The Hall–Kier alpha value is -0.0800. The van der Waals surface area contributed by atoms with Gasteiger partial charge in [-0.1, -0.05) is 27.7 Å². The van der Waals surface area contributed by atoms with Gasteiger partial charge in [0.1, 0.15) is 0 Å². The zero-order chi connectivity index (χ0) is 14.6. The minimum atomic E-state index is 0.552. The van der Waals surface area contributed by atoms with Crippen LogP contribution in [-0.2, 0) is 0 Å². The number of piperidine rings is 1. The molecule has 3 unspecified atom stereocenters. The lowest BCUT2D eigenvalue weighted by Crippen LogP contribution is -2.49. The van der Waals surface area contributed by atoms with E-state index in [2.05, 4.69) is 37.9 Å². The maximum Gasteiger partial charge on any atom is 0.0108 e. The van der Waals surface area contributed by atoms with Crippen LogP contribution in [0.2, 0.25) is 0 Å². The van der Waals surface area contributed by atoms with Crippen LogP contribution in [-0.4, -0.2) is 37.1 Å². The smallest absolute Gasteiger partial charge is 0.0108 e. The van der Waals surface area contributed by atoms with Gasteiger partial charge in [0.25, 0.3) is 0 Å². The minimum absolute atomic E-state index is 0.552. The molecule has 0 aromatic rings. The SMILES string of the molecule is CCCNC1CCC(C)(C)CC1CN1CCCC(C)C1. The van der Waals surface area contributed by atoms with Crippen molar-refractivity contribution in [2.45, 2.75) is 72.3 Å². The average molecular weight is 280 g/mol. The third kappa shape index (κ3) is 4.73. The van der Waals surface area contributed by atoms with E-state index in [0.717, 1.165) is 17.9 Å². The lowest BCUT2D eigenvalue weighted by molar-refractivity contribution is 0.0818. The molecule has 2 heteroatoms. The van der Waals surface area contributed by atoms with Gasteiger partial charge in [0.05, 0.1) is 0 Å².